The molecule has 0 spiro atoms. The molecule has 3 aromatic rings. The Balaban J connectivity index is 1.44. The Morgan fingerprint density at radius 2 is 1.85 bits per heavy atom. The van der Waals surface area contributed by atoms with Crippen LogP contribution in [0.25, 0.3) is 11.3 Å². The largest absolute Gasteiger partial charge is 0.497 e. The summed E-state index contributed by atoms with van der Waals surface area (Å²) in [4.78, 5) is 17.4. The molecular weight excluding hydrogens is 458 g/mol. The lowest BCUT2D eigenvalue weighted by atomic mass is 9.96. The Labute approximate surface area is 198 Å². The number of amides is 1. The van der Waals surface area contributed by atoms with Gasteiger partial charge in [0.1, 0.15) is 5.75 Å². The third-order valence-corrected chi connectivity index (χ3v) is 8.65. The highest BCUT2D eigenvalue weighted by Gasteiger charge is 2.29. The van der Waals surface area contributed by atoms with Gasteiger partial charge in [-0.05, 0) is 49.2 Å². The minimum Gasteiger partial charge on any atom is -0.497 e. The first-order valence-electron chi connectivity index (χ1n) is 10.9. The van der Waals surface area contributed by atoms with E-state index >= 15 is 0 Å². The minimum atomic E-state index is -3.59. The van der Waals surface area contributed by atoms with Crippen molar-refractivity contribution in [3.05, 3.63) is 59.5 Å². The van der Waals surface area contributed by atoms with E-state index in [0.717, 1.165) is 49.1 Å². The second-order valence-electron chi connectivity index (χ2n) is 8.06. The van der Waals surface area contributed by atoms with E-state index in [9.17, 15) is 13.2 Å². The van der Waals surface area contributed by atoms with E-state index in [0.29, 0.717) is 10.7 Å². The first-order valence-corrected chi connectivity index (χ1v) is 13.2. The van der Waals surface area contributed by atoms with Crippen molar-refractivity contribution in [1.82, 2.24) is 9.29 Å². The summed E-state index contributed by atoms with van der Waals surface area (Å²) in [7, 11) is -0.337. The van der Waals surface area contributed by atoms with Gasteiger partial charge in [0.05, 0.1) is 17.7 Å². The van der Waals surface area contributed by atoms with Crippen LogP contribution in [0.5, 0.6) is 5.75 Å². The van der Waals surface area contributed by atoms with E-state index < -0.39 is 10.0 Å². The zero-order chi connectivity index (χ0) is 23.4. The molecule has 0 bridgehead atoms. The van der Waals surface area contributed by atoms with Gasteiger partial charge in [-0.3, -0.25) is 10.1 Å². The highest BCUT2D eigenvalue weighted by Crippen LogP contribution is 2.29. The Morgan fingerprint density at radius 3 is 2.55 bits per heavy atom. The zero-order valence-corrected chi connectivity index (χ0v) is 20.3. The number of nitrogens with zero attached hydrogens (tertiary/aromatic N) is 2. The number of aromatic nitrogens is 1. The minimum absolute atomic E-state index is 0.0374. The van der Waals surface area contributed by atoms with Crippen LogP contribution in [0.1, 0.15) is 42.5 Å². The molecule has 33 heavy (non-hydrogen) atoms. The Kier molecular flexibility index (Phi) is 7.11. The van der Waals surface area contributed by atoms with Crippen molar-refractivity contribution >= 4 is 32.4 Å². The van der Waals surface area contributed by atoms with E-state index in [1.807, 2.05) is 29.6 Å². The molecule has 0 aliphatic heterocycles. The van der Waals surface area contributed by atoms with E-state index in [2.05, 4.69) is 10.3 Å². The SMILES string of the molecule is COc1cccc(-c2csc(NC(=O)c3ccc(S(=O)(=O)N(C)C4CCCCC4)cc3)n2)c1. The van der Waals surface area contributed by atoms with Gasteiger partial charge in [-0.2, -0.15) is 4.31 Å². The molecule has 1 amide bonds. The first-order chi connectivity index (χ1) is 15.9. The van der Waals surface area contributed by atoms with Crippen LogP contribution in [0.15, 0.2) is 58.8 Å². The second kappa shape index (κ2) is 10.0. The maximum Gasteiger partial charge on any atom is 0.257 e. The van der Waals surface area contributed by atoms with E-state index in [-0.39, 0.29) is 16.8 Å². The van der Waals surface area contributed by atoms with Crippen molar-refractivity contribution in [2.45, 2.75) is 43.0 Å². The maximum absolute atomic E-state index is 13.0. The number of rotatable bonds is 7. The molecule has 1 saturated carbocycles. The summed E-state index contributed by atoms with van der Waals surface area (Å²) in [6.07, 6.45) is 5.05. The molecule has 4 rings (SSSR count). The number of nitrogens with one attached hydrogen (secondary N) is 1. The average Bonchev–Trinajstić information content (AvgIpc) is 3.32. The van der Waals surface area contributed by atoms with Gasteiger partial charge in [0.2, 0.25) is 10.0 Å². The van der Waals surface area contributed by atoms with Crippen LogP contribution in [0, 0.1) is 0 Å². The Hall–Kier alpha value is -2.75. The monoisotopic (exact) mass is 485 g/mol. The van der Waals surface area contributed by atoms with Crippen LogP contribution in [0.3, 0.4) is 0 Å². The molecule has 0 radical (unpaired) electrons. The van der Waals surface area contributed by atoms with Crippen LogP contribution in [-0.2, 0) is 10.0 Å². The van der Waals surface area contributed by atoms with Crippen molar-refractivity contribution in [3.8, 4) is 17.0 Å². The summed E-state index contributed by atoms with van der Waals surface area (Å²) in [5, 5.41) is 5.11. The van der Waals surface area contributed by atoms with E-state index in [1.54, 1.807) is 14.2 Å². The van der Waals surface area contributed by atoms with Crippen molar-refractivity contribution in [3.63, 3.8) is 0 Å². The van der Waals surface area contributed by atoms with Crippen LogP contribution >= 0.6 is 11.3 Å². The lowest BCUT2D eigenvalue weighted by Gasteiger charge is -2.30. The summed E-state index contributed by atoms with van der Waals surface area (Å²) in [6.45, 7) is 0. The number of carbonyl (C=O) groups excluding carboxylic acids is 1. The summed E-state index contributed by atoms with van der Waals surface area (Å²) >= 11 is 1.32. The van der Waals surface area contributed by atoms with Gasteiger partial charge in [0.25, 0.3) is 5.91 Å². The number of methoxy groups -OCH3 is 1. The number of thiazole rings is 1. The van der Waals surface area contributed by atoms with E-state index in [4.69, 9.17) is 4.74 Å². The Morgan fingerprint density at radius 1 is 1.12 bits per heavy atom. The zero-order valence-electron chi connectivity index (χ0n) is 18.7. The van der Waals surface area contributed by atoms with Gasteiger partial charge in [0.15, 0.2) is 5.13 Å². The molecule has 9 heteroatoms. The smallest absolute Gasteiger partial charge is 0.257 e. The summed E-state index contributed by atoms with van der Waals surface area (Å²) in [6, 6.07) is 13.6. The fraction of sp³-hybridized carbons (Fsp3) is 0.333. The first kappa shape index (κ1) is 23.4. The number of anilines is 1. The molecule has 1 aliphatic rings. The molecule has 0 atom stereocenters. The predicted molar refractivity (Wildman–Crippen MR) is 130 cm³/mol. The fourth-order valence-corrected chi connectivity index (χ4v) is 6.13. The fourth-order valence-electron chi connectivity index (χ4n) is 4.00. The summed E-state index contributed by atoms with van der Waals surface area (Å²) < 4.78 is 32.7. The number of sulfonamides is 1. The number of ether oxygens (including phenoxy) is 1. The third kappa shape index (κ3) is 5.26. The van der Waals surface area contributed by atoms with Crippen molar-refractivity contribution in [1.29, 1.82) is 0 Å². The van der Waals surface area contributed by atoms with Gasteiger partial charge >= 0.3 is 0 Å². The predicted octanol–water partition coefficient (Wildman–Crippen LogP) is 5.02. The van der Waals surface area contributed by atoms with Crippen molar-refractivity contribution in [2.24, 2.45) is 0 Å². The van der Waals surface area contributed by atoms with Crippen LogP contribution in [0.4, 0.5) is 5.13 Å². The highest BCUT2D eigenvalue weighted by molar-refractivity contribution is 7.89. The number of benzene rings is 2. The Bertz CT molecular complexity index is 1220. The number of hydrogen-bond donors (Lipinski definition) is 1. The average molecular weight is 486 g/mol. The van der Waals surface area contributed by atoms with Gasteiger partial charge in [0, 0.05) is 29.6 Å². The third-order valence-electron chi connectivity index (χ3n) is 5.97. The lowest BCUT2D eigenvalue weighted by Crippen LogP contribution is -2.38. The van der Waals surface area contributed by atoms with Crippen molar-refractivity contribution in [2.75, 3.05) is 19.5 Å². The molecule has 0 saturated heterocycles. The topological polar surface area (TPSA) is 88.6 Å². The van der Waals surface area contributed by atoms with Crippen LogP contribution < -0.4 is 10.1 Å². The molecule has 1 fully saturated rings. The summed E-state index contributed by atoms with van der Waals surface area (Å²) in [5.41, 5.74) is 2.00. The molecule has 0 unspecified atom stereocenters. The molecule has 2 aromatic carbocycles. The quantitative estimate of drug-likeness (QED) is 0.507. The molecule has 1 aliphatic carbocycles. The van der Waals surface area contributed by atoms with Gasteiger partial charge in [-0.15, -0.1) is 11.3 Å². The number of carbonyl (C=O) groups is 1. The lowest BCUT2D eigenvalue weighted by molar-refractivity contribution is 0.102. The van der Waals surface area contributed by atoms with Gasteiger partial charge in [-0.1, -0.05) is 31.4 Å². The molecule has 7 nitrogen and oxygen atoms in total. The molecule has 1 heterocycles. The normalized spacial score (nSPS) is 14.9. The van der Waals surface area contributed by atoms with Crippen LogP contribution in [-0.4, -0.2) is 43.8 Å². The van der Waals surface area contributed by atoms with Gasteiger partial charge in [-0.25, -0.2) is 13.4 Å². The van der Waals surface area contributed by atoms with Gasteiger partial charge < -0.3 is 4.74 Å². The highest BCUT2D eigenvalue weighted by atomic mass is 32.2. The molecule has 1 N–H and O–H groups in total. The maximum atomic E-state index is 13.0. The van der Waals surface area contributed by atoms with Crippen LogP contribution in [0.2, 0.25) is 0 Å². The second-order valence-corrected chi connectivity index (χ2v) is 10.9. The molecule has 174 valence electrons. The van der Waals surface area contributed by atoms with Crippen molar-refractivity contribution < 1.29 is 17.9 Å². The standard InChI is InChI=1S/C24H27N3O4S2/c1-27(19-8-4-3-5-9-19)33(29,30)21-13-11-17(12-14-21)23(28)26-24-25-22(16-32-24)18-7-6-10-20(15-18)31-2/h6-7,10-16,19H,3-5,8-9H2,1-2H3,(H,25,26,28). The molecular formula is C24H27N3O4S2. The molecule has 1 aromatic heterocycles. The van der Waals surface area contributed by atoms with E-state index in [1.165, 1.54) is 39.9 Å². The number of hydrogen-bond acceptors (Lipinski definition) is 6. The summed E-state index contributed by atoms with van der Waals surface area (Å²) in [5.74, 6) is 0.390.